The van der Waals surface area contributed by atoms with Gasteiger partial charge in [-0.3, -0.25) is 9.48 Å². The molecule has 1 N–H and O–H groups in total. The van der Waals surface area contributed by atoms with Gasteiger partial charge in [0.25, 0.3) is 12.9 Å². The van der Waals surface area contributed by atoms with Crippen LogP contribution in [0.3, 0.4) is 0 Å². The minimum absolute atomic E-state index is 0.0328. The lowest BCUT2D eigenvalue weighted by molar-refractivity contribution is -0.116. The maximum absolute atomic E-state index is 14.0. The van der Waals surface area contributed by atoms with Gasteiger partial charge in [0.15, 0.2) is 11.5 Å². The Morgan fingerprint density at radius 1 is 1.11 bits per heavy atom. The molecule has 4 rings (SSSR count). The van der Waals surface area contributed by atoms with Gasteiger partial charge >= 0.3 is 0 Å². The van der Waals surface area contributed by atoms with Crippen LogP contribution in [0.5, 0.6) is 0 Å². The highest BCUT2D eigenvalue weighted by molar-refractivity contribution is 6.33. The largest absolute Gasteiger partial charge is 0.306 e. The molecule has 0 bridgehead atoms. The number of alkyl halides is 4. The number of carbonyl (C=O) groups is 1. The number of pyridine rings is 1. The van der Waals surface area contributed by atoms with E-state index >= 15 is 0 Å². The van der Waals surface area contributed by atoms with Crippen LogP contribution in [-0.4, -0.2) is 30.5 Å². The average molecular weight is 533 g/mol. The average Bonchev–Trinajstić information content (AvgIpc) is 3.28. The van der Waals surface area contributed by atoms with Crippen molar-refractivity contribution in [3.05, 3.63) is 68.8 Å². The van der Waals surface area contributed by atoms with Gasteiger partial charge in [-0.15, -0.1) is 0 Å². The lowest BCUT2D eigenvalue weighted by Gasteiger charge is -2.08. The lowest BCUT2D eigenvalue weighted by Crippen LogP contribution is -2.20. The van der Waals surface area contributed by atoms with Crippen molar-refractivity contribution in [1.82, 2.24) is 24.5 Å². The lowest BCUT2D eigenvalue weighted by atomic mass is 10.1. The summed E-state index contributed by atoms with van der Waals surface area (Å²) in [5.74, 6) is -1.34. The zero-order valence-corrected chi connectivity index (χ0v) is 19.3. The number of benzene rings is 1. The fourth-order valence-electron chi connectivity index (χ4n) is 3.52. The Morgan fingerprint density at radius 2 is 1.86 bits per heavy atom. The monoisotopic (exact) mass is 532 g/mol. The molecule has 0 radical (unpaired) electrons. The van der Waals surface area contributed by atoms with Crippen molar-refractivity contribution >= 4 is 46.0 Å². The summed E-state index contributed by atoms with van der Waals surface area (Å²) in [6.45, 7) is 0.786. The van der Waals surface area contributed by atoms with Gasteiger partial charge in [0.2, 0.25) is 5.91 Å². The molecule has 0 atom stereocenters. The summed E-state index contributed by atoms with van der Waals surface area (Å²) >= 11 is 12.1. The van der Waals surface area contributed by atoms with Crippen LogP contribution in [0.25, 0.3) is 11.0 Å². The maximum Gasteiger partial charge on any atom is 0.280 e. The van der Waals surface area contributed by atoms with Crippen LogP contribution in [0.15, 0.2) is 30.5 Å². The molecule has 0 fully saturated rings. The Morgan fingerprint density at radius 3 is 2.51 bits per heavy atom. The fourth-order valence-corrected chi connectivity index (χ4v) is 3.94. The molecule has 0 aliphatic rings. The minimum Gasteiger partial charge on any atom is -0.306 e. The Kier molecular flexibility index (Phi) is 6.95. The number of nitrogens with zero attached hydrogens (tertiary/aromatic N) is 5. The van der Waals surface area contributed by atoms with E-state index in [9.17, 15) is 26.7 Å². The first-order valence-electron chi connectivity index (χ1n) is 9.95. The number of carbonyl (C=O) groups excluding carboxylic acids is 1. The molecule has 0 spiro atoms. The highest BCUT2D eigenvalue weighted by atomic mass is 35.5. The Labute approximate surface area is 204 Å². The number of fused-ring (bicyclic) bond motifs is 1. The van der Waals surface area contributed by atoms with Gasteiger partial charge in [0, 0.05) is 22.3 Å². The molecular formula is C21H15Cl2F5N6O. The SMILES string of the molecule is Cc1nn(CC(=O)Nc2nn(Cc3c(F)cccc3Cl)cc2Cl)c2nc(C(F)F)cc(C(F)F)c12. The van der Waals surface area contributed by atoms with Crippen LogP contribution >= 0.6 is 23.2 Å². The predicted molar refractivity (Wildman–Crippen MR) is 119 cm³/mol. The number of aryl methyl sites for hydroxylation is 1. The van der Waals surface area contributed by atoms with E-state index in [4.69, 9.17) is 23.2 Å². The number of hydrogen-bond donors (Lipinski definition) is 1. The number of rotatable bonds is 7. The molecule has 3 aromatic heterocycles. The topological polar surface area (TPSA) is 77.6 Å². The number of hydrogen-bond acceptors (Lipinski definition) is 4. The fraction of sp³-hybridized carbons (Fsp3) is 0.238. The third-order valence-electron chi connectivity index (χ3n) is 5.04. The van der Waals surface area contributed by atoms with E-state index < -0.39 is 42.4 Å². The third kappa shape index (κ3) is 5.08. The number of nitrogens with one attached hydrogen (secondary N) is 1. The van der Waals surface area contributed by atoms with E-state index in [1.54, 1.807) is 0 Å². The summed E-state index contributed by atoms with van der Waals surface area (Å²) in [6, 6.07) is 4.83. The second-order valence-electron chi connectivity index (χ2n) is 7.45. The molecule has 7 nitrogen and oxygen atoms in total. The molecule has 1 amide bonds. The van der Waals surface area contributed by atoms with Gasteiger partial charge in [-0.2, -0.15) is 10.2 Å². The van der Waals surface area contributed by atoms with Crippen LogP contribution < -0.4 is 5.32 Å². The van der Waals surface area contributed by atoms with E-state index in [-0.39, 0.29) is 44.7 Å². The van der Waals surface area contributed by atoms with Crippen molar-refractivity contribution in [2.24, 2.45) is 0 Å². The van der Waals surface area contributed by atoms with Crippen molar-refractivity contribution in [1.29, 1.82) is 0 Å². The van der Waals surface area contributed by atoms with Crippen molar-refractivity contribution in [2.45, 2.75) is 32.9 Å². The standard InChI is InChI=1S/C21H15Cl2F5N6O/c1-9-17-10(18(25)26)5-15(19(27)28)29-21(17)34(31-9)8-16(35)30-20-13(23)7-33(32-20)6-11-12(22)3-2-4-14(11)24/h2-5,7,18-19H,6,8H2,1H3,(H,30,32,35). The highest BCUT2D eigenvalue weighted by Gasteiger charge is 2.24. The first-order valence-corrected chi connectivity index (χ1v) is 10.7. The van der Waals surface area contributed by atoms with Crippen molar-refractivity contribution in [3.8, 4) is 0 Å². The summed E-state index contributed by atoms with van der Waals surface area (Å²) in [6.07, 6.45) is -4.80. The zero-order valence-electron chi connectivity index (χ0n) is 17.7. The smallest absolute Gasteiger partial charge is 0.280 e. The van der Waals surface area contributed by atoms with E-state index in [1.807, 2.05) is 0 Å². The highest BCUT2D eigenvalue weighted by Crippen LogP contribution is 2.32. The van der Waals surface area contributed by atoms with Gasteiger partial charge < -0.3 is 5.32 Å². The molecule has 0 aliphatic carbocycles. The van der Waals surface area contributed by atoms with E-state index in [0.29, 0.717) is 6.07 Å². The maximum atomic E-state index is 14.0. The molecule has 35 heavy (non-hydrogen) atoms. The summed E-state index contributed by atoms with van der Waals surface area (Å²) in [5, 5.41) is 10.6. The molecule has 184 valence electrons. The van der Waals surface area contributed by atoms with Gasteiger partial charge in [0.05, 0.1) is 17.6 Å². The van der Waals surface area contributed by atoms with Gasteiger partial charge in [-0.25, -0.2) is 31.6 Å². The molecule has 0 aliphatic heterocycles. The molecule has 0 saturated carbocycles. The molecule has 1 aromatic carbocycles. The second-order valence-corrected chi connectivity index (χ2v) is 8.27. The van der Waals surface area contributed by atoms with Crippen LogP contribution in [0.1, 0.15) is 35.4 Å². The second kappa shape index (κ2) is 9.78. The van der Waals surface area contributed by atoms with Crippen LogP contribution in [-0.2, 0) is 17.9 Å². The predicted octanol–water partition coefficient (Wildman–Crippen LogP) is 5.94. The minimum atomic E-state index is -3.10. The first-order chi connectivity index (χ1) is 16.5. The summed E-state index contributed by atoms with van der Waals surface area (Å²) in [5.41, 5.74) is -1.52. The van der Waals surface area contributed by atoms with E-state index in [2.05, 4.69) is 20.5 Å². The normalized spacial score (nSPS) is 11.7. The summed E-state index contributed by atoms with van der Waals surface area (Å²) < 4.78 is 69.6. The molecule has 0 saturated heterocycles. The van der Waals surface area contributed by atoms with Crippen molar-refractivity contribution in [3.63, 3.8) is 0 Å². The van der Waals surface area contributed by atoms with E-state index in [0.717, 1.165) is 4.68 Å². The Balaban J connectivity index is 1.58. The van der Waals surface area contributed by atoms with Crippen molar-refractivity contribution < 1.29 is 26.7 Å². The molecule has 3 heterocycles. The van der Waals surface area contributed by atoms with Crippen molar-refractivity contribution in [2.75, 3.05) is 5.32 Å². The number of halogens is 7. The zero-order chi connectivity index (χ0) is 25.4. The van der Waals surface area contributed by atoms with Crippen LogP contribution in [0.4, 0.5) is 27.8 Å². The van der Waals surface area contributed by atoms with E-state index in [1.165, 1.54) is 36.0 Å². The molecule has 0 unspecified atom stereocenters. The number of anilines is 1. The number of amides is 1. The number of aromatic nitrogens is 5. The summed E-state index contributed by atoms with van der Waals surface area (Å²) in [7, 11) is 0. The molecule has 4 aromatic rings. The Bertz CT molecular complexity index is 1400. The quantitative estimate of drug-likeness (QED) is 0.298. The molecule has 14 heteroatoms. The van der Waals surface area contributed by atoms with Gasteiger partial charge in [-0.05, 0) is 25.1 Å². The van der Waals surface area contributed by atoms with Gasteiger partial charge in [0.1, 0.15) is 23.1 Å². The summed E-state index contributed by atoms with van der Waals surface area (Å²) in [4.78, 5) is 16.3. The van der Waals surface area contributed by atoms with Gasteiger partial charge in [-0.1, -0.05) is 29.3 Å². The Hall–Kier alpha value is -3.25. The molecular weight excluding hydrogens is 518 g/mol. The van der Waals surface area contributed by atoms with Crippen LogP contribution in [0, 0.1) is 12.7 Å². The first kappa shape index (κ1) is 24.9. The third-order valence-corrected chi connectivity index (χ3v) is 5.67. The van der Waals surface area contributed by atoms with Crippen LogP contribution in [0.2, 0.25) is 10.0 Å².